The highest BCUT2D eigenvalue weighted by atomic mass is 32.1. The van der Waals surface area contributed by atoms with Crippen molar-refractivity contribution in [2.75, 3.05) is 6.61 Å². The number of phenolic OH excluding ortho intramolecular Hbond substituents is 1. The Hall–Kier alpha value is -1.42. The average molecular weight is 210 g/mol. The van der Waals surface area contributed by atoms with Gasteiger partial charge in [-0.05, 0) is 19.1 Å². The minimum absolute atomic E-state index is 0.0324. The van der Waals surface area contributed by atoms with Crippen molar-refractivity contribution in [2.24, 2.45) is 0 Å². The maximum Gasteiger partial charge on any atom is 0.218 e. The fourth-order valence-electron chi connectivity index (χ4n) is 1.32. The summed E-state index contributed by atoms with van der Waals surface area (Å²) < 4.78 is 6.06. The smallest absolute Gasteiger partial charge is 0.218 e. The highest BCUT2D eigenvalue weighted by molar-refractivity contribution is 7.21. The van der Waals surface area contributed by atoms with Crippen LogP contribution in [-0.2, 0) is 0 Å². The van der Waals surface area contributed by atoms with Crippen molar-refractivity contribution in [3.05, 3.63) is 18.2 Å². The number of thiophene rings is 1. The highest BCUT2D eigenvalue weighted by Crippen LogP contribution is 2.46. The van der Waals surface area contributed by atoms with Crippen LogP contribution in [0.4, 0.5) is 0 Å². The number of phenols is 1. The molecule has 0 aliphatic heterocycles. The Morgan fingerprint density at radius 1 is 1.36 bits per heavy atom. The maximum absolute atomic E-state index is 9.73. The molecule has 0 fully saturated rings. The zero-order valence-corrected chi connectivity index (χ0v) is 8.47. The molecule has 1 aromatic carbocycles. The van der Waals surface area contributed by atoms with Gasteiger partial charge in [0.25, 0.3) is 0 Å². The third-order valence-corrected chi connectivity index (χ3v) is 2.97. The molecule has 0 atom stereocenters. The molecule has 4 heteroatoms. The zero-order chi connectivity index (χ0) is 10.1. The molecule has 0 spiro atoms. The second-order valence-corrected chi connectivity index (χ2v) is 3.84. The third-order valence-electron chi connectivity index (χ3n) is 1.91. The monoisotopic (exact) mass is 210 g/mol. The van der Waals surface area contributed by atoms with Crippen LogP contribution in [0, 0.1) is 0 Å². The first-order valence-electron chi connectivity index (χ1n) is 4.30. The molecule has 2 rings (SSSR count). The van der Waals surface area contributed by atoms with E-state index in [9.17, 15) is 10.2 Å². The van der Waals surface area contributed by atoms with Gasteiger partial charge in [0.05, 0.1) is 12.0 Å². The SMILES string of the molecule is CCOc1sc2cccc(O)c2c1O. The first-order chi connectivity index (χ1) is 6.74. The molecule has 14 heavy (non-hydrogen) atoms. The summed E-state index contributed by atoms with van der Waals surface area (Å²) in [7, 11) is 0. The van der Waals surface area contributed by atoms with E-state index in [0.717, 1.165) is 4.70 Å². The summed E-state index contributed by atoms with van der Waals surface area (Å²) in [5.41, 5.74) is 0. The van der Waals surface area contributed by atoms with Crippen LogP contribution in [0.5, 0.6) is 16.6 Å². The van der Waals surface area contributed by atoms with Crippen LogP contribution in [0.25, 0.3) is 10.1 Å². The van der Waals surface area contributed by atoms with Crippen molar-refractivity contribution < 1.29 is 14.9 Å². The van der Waals surface area contributed by atoms with E-state index in [0.29, 0.717) is 17.1 Å². The second-order valence-electron chi connectivity index (χ2n) is 2.82. The molecule has 1 heterocycles. The van der Waals surface area contributed by atoms with Crippen molar-refractivity contribution in [3.63, 3.8) is 0 Å². The van der Waals surface area contributed by atoms with Gasteiger partial charge in [-0.2, -0.15) is 0 Å². The molecule has 3 nitrogen and oxygen atoms in total. The number of aromatic hydroxyl groups is 2. The Kier molecular flexibility index (Phi) is 2.21. The van der Waals surface area contributed by atoms with Crippen molar-refractivity contribution in [1.29, 1.82) is 0 Å². The number of ether oxygens (including phenoxy) is 1. The Balaban J connectivity index is 2.68. The molecular formula is C10H10O3S. The highest BCUT2D eigenvalue weighted by Gasteiger charge is 2.14. The van der Waals surface area contributed by atoms with Crippen molar-refractivity contribution >= 4 is 21.4 Å². The summed E-state index contributed by atoms with van der Waals surface area (Å²) >= 11 is 1.33. The lowest BCUT2D eigenvalue weighted by atomic mass is 10.2. The van der Waals surface area contributed by atoms with E-state index < -0.39 is 0 Å². The molecule has 0 bridgehead atoms. The van der Waals surface area contributed by atoms with Crippen LogP contribution >= 0.6 is 11.3 Å². The van der Waals surface area contributed by atoms with E-state index in [1.165, 1.54) is 11.3 Å². The standard InChI is InChI=1S/C10H10O3S/c1-2-13-10-9(12)8-6(11)4-3-5-7(8)14-10/h3-5,11-12H,2H2,1H3. The predicted molar refractivity (Wildman–Crippen MR) is 56.3 cm³/mol. The van der Waals surface area contributed by atoms with Crippen LogP contribution in [0.1, 0.15) is 6.92 Å². The summed E-state index contributed by atoms with van der Waals surface area (Å²) in [5, 5.41) is 20.2. The topological polar surface area (TPSA) is 49.7 Å². The van der Waals surface area contributed by atoms with E-state index in [2.05, 4.69) is 0 Å². The van der Waals surface area contributed by atoms with E-state index in [-0.39, 0.29) is 11.5 Å². The van der Waals surface area contributed by atoms with Gasteiger partial charge in [-0.1, -0.05) is 17.4 Å². The molecule has 2 N–H and O–H groups in total. The first-order valence-corrected chi connectivity index (χ1v) is 5.12. The molecule has 2 aromatic rings. The van der Waals surface area contributed by atoms with Gasteiger partial charge >= 0.3 is 0 Å². The second kappa shape index (κ2) is 3.38. The predicted octanol–water partition coefficient (Wildman–Crippen LogP) is 2.71. The van der Waals surface area contributed by atoms with Crippen molar-refractivity contribution in [1.82, 2.24) is 0 Å². The Labute approximate surface area is 85.2 Å². The first kappa shape index (κ1) is 9.15. The molecule has 0 aliphatic carbocycles. The minimum Gasteiger partial charge on any atom is -0.507 e. The van der Waals surface area contributed by atoms with Gasteiger partial charge in [0.2, 0.25) is 5.06 Å². The molecule has 0 saturated heterocycles. The van der Waals surface area contributed by atoms with E-state index in [4.69, 9.17) is 4.74 Å². The summed E-state index contributed by atoms with van der Waals surface area (Å²) in [6, 6.07) is 5.12. The van der Waals surface area contributed by atoms with Gasteiger partial charge in [-0.15, -0.1) is 0 Å². The number of rotatable bonds is 2. The van der Waals surface area contributed by atoms with E-state index in [1.807, 2.05) is 13.0 Å². The molecule has 0 amide bonds. The molecule has 0 aliphatic rings. The minimum atomic E-state index is 0.0324. The normalized spacial score (nSPS) is 10.6. The van der Waals surface area contributed by atoms with Crippen LogP contribution < -0.4 is 4.74 Å². The van der Waals surface area contributed by atoms with Crippen molar-refractivity contribution in [3.8, 4) is 16.6 Å². The number of fused-ring (bicyclic) bond motifs is 1. The molecule has 0 unspecified atom stereocenters. The summed E-state index contributed by atoms with van der Waals surface area (Å²) in [6.07, 6.45) is 0. The number of benzene rings is 1. The molecule has 74 valence electrons. The van der Waals surface area contributed by atoms with Crippen molar-refractivity contribution in [2.45, 2.75) is 6.92 Å². The van der Waals surface area contributed by atoms with Crippen LogP contribution in [-0.4, -0.2) is 16.8 Å². The summed E-state index contributed by atoms with van der Waals surface area (Å²) in [5.74, 6) is 0.118. The van der Waals surface area contributed by atoms with Crippen LogP contribution in [0.15, 0.2) is 18.2 Å². The van der Waals surface area contributed by atoms with Gasteiger partial charge in [0, 0.05) is 4.70 Å². The molecule has 0 radical (unpaired) electrons. The molecular weight excluding hydrogens is 200 g/mol. The van der Waals surface area contributed by atoms with Gasteiger partial charge in [-0.3, -0.25) is 0 Å². The third kappa shape index (κ3) is 1.28. The van der Waals surface area contributed by atoms with Crippen LogP contribution in [0.3, 0.4) is 0 Å². The van der Waals surface area contributed by atoms with Gasteiger partial charge < -0.3 is 14.9 Å². The zero-order valence-electron chi connectivity index (χ0n) is 7.65. The fourth-order valence-corrected chi connectivity index (χ4v) is 2.35. The lowest BCUT2D eigenvalue weighted by molar-refractivity contribution is 0.330. The Morgan fingerprint density at radius 2 is 2.14 bits per heavy atom. The maximum atomic E-state index is 9.73. The molecule has 1 aromatic heterocycles. The van der Waals surface area contributed by atoms with Crippen LogP contribution in [0.2, 0.25) is 0 Å². The average Bonchev–Trinajstić information content (AvgIpc) is 2.46. The Bertz CT molecular complexity index is 462. The summed E-state index contributed by atoms with van der Waals surface area (Å²) in [4.78, 5) is 0. The largest absolute Gasteiger partial charge is 0.507 e. The number of hydrogen-bond acceptors (Lipinski definition) is 4. The fraction of sp³-hybridized carbons (Fsp3) is 0.200. The molecule has 0 saturated carbocycles. The quantitative estimate of drug-likeness (QED) is 0.801. The lowest BCUT2D eigenvalue weighted by Gasteiger charge is -1.98. The van der Waals surface area contributed by atoms with Gasteiger partial charge in [0.15, 0.2) is 5.75 Å². The van der Waals surface area contributed by atoms with E-state index in [1.54, 1.807) is 12.1 Å². The van der Waals surface area contributed by atoms with E-state index >= 15 is 0 Å². The summed E-state index contributed by atoms with van der Waals surface area (Å²) in [6.45, 7) is 2.35. The lowest BCUT2D eigenvalue weighted by Crippen LogP contribution is -1.87. The Morgan fingerprint density at radius 3 is 2.79 bits per heavy atom. The number of hydrogen-bond donors (Lipinski definition) is 2. The van der Waals surface area contributed by atoms with Gasteiger partial charge in [-0.25, -0.2) is 0 Å². The van der Waals surface area contributed by atoms with Gasteiger partial charge in [0.1, 0.15) is 5.75 Å².